The molecule has 0 aliphatic carbocycles. The lowest BCUT2D eigenvalue weighted by Gasteiger charge is -2.18. The molecule has 23 heavy (non-hydrogen) atoms. The Morgan fingerprint density at radius 3 is 2.48 bits per heavy atom. The molecule has 2 aromatic rings. The lowest BCUT2D eigenvalue weighted by atomic mass is 10.1. The minimum atomic E-state index is 0.0899. The van der Waals surface area contributed by atoms with Crippen molar-refractivity contribution in [2.45, 2.75) is 26.3 Å². The Morgan fingerprint density at radius 1 is 1.22 bits per heavy atom. The van der Waals surface area contributed by atoms with E-state index in [0.29, 0.717) is 5.11 Å². The van der Waals surface area contributed by atoms with Gasteiger partial charge in [-0.25, -0.2) is 0 Å². The van der Waals surface area contributed by atoms with Gasteiger partial charge >= 0.3 is 0 Å². The molecule has 3 nitrogen and oxygen atoms in total. The topological polar surface area (TPSA) is 33.3 Å². The highest BCUT2D eigenvalue weighted by Crippen LogP contribution is 2.28. The molecule has 0 aliphatic heterocycles. The van der Waals surface area contributed by atoms with Gasteiger partial charge in [-0.05, 0) is 76.9 Å². The van der Waals surface area contributed by atoms with Crippen molar-refractivity contribution in [2.75, 3.05) is 12.4 Å². The van der Waals surface area contributed by atoms with Gasteiger partial charge in [0, 0.05) is 5.69 Å². The molecular formula is C18H21BrN2OS. The zero-order valence-corrected chi connectivity index (χ0v) is 15.9. The van der Waals surface area contributed by atoms with E-state index in [0.717, 1.165) is 27.9 Å². The van der Waals surface area contributed by atoms with Crippen LogP contribution < -0.4 is 15.4 Å². The number of thiocarbonyl (C=S) groups is 1. The summed E-state index contributed by atoms with van der Waals surface area (Å²) in [7, 11) is 1.66. The maximum absolute atomic E-state index is 5.40. The second kappa shape index (κ2) is 8.31. The predicted octanol–water partition coefficient (Wildman–Crippen LogP) is 5.07. The van der Waals surface area contributed by atoms with Crippen LogP contribution in [-0.4, -0.2) is 12.2 Å². The average molecular weight is 393 g/mol. The third-order valence-corrected chi connectivity index (χ3v) is 4.48. The van der Waals surface area contributed by atoms with Crippen molar-refractivity contribution in [3.63, 3.8) is 0 Å². The zero-order valence-electron chi connectivity index (χ0n) is 13.5. The predicted molar refractivity (Wildman–Crippen MR) is 104 cm³/mol. The number of benzene rings is 2. The number of halogens is 1. The van der Waals surface area contributed by atoms with E-state index < -0.39 is 0 Å². The normalized spacial score (nSPS) is 11.7. The Morgan fingerprint density at radius 2 is 1.91 bits per heavy atom. The molecule has 1 atom stereocenters. The Kier molecular flexibility index (Phi) is 6.42. The van der Waals surface area contributed by atoms with Crippen LogP contribution in [0.5, 0.6) is 5.75 Å². The number of ether oxygens (including phenoxy) is 1. The van der Waals surface area contributed by atoms with Crippen LogP contribution >= 0.6 is 28.1 Å². The fourth-order valence-electron chi connectivity index (χ4n) is 2.22. The highest BCUT2D eigenvalue weighted by Gasteiger charge is 2.10. The van der Waals surface area contributed by atoms with E-state index in [1.165, 1.54) is 5.56 Å². The maximum atomic E-state index is 5.40. The smallest absolute Gasteiger partial charge is 0.171 e. The van der Waals surface area contributed by atoms with Gasteiger partial charge in [-0.15, -0.1) is 0 Å². The summed E-state index contributed by atoms with van der Waals surface area (Å²) < 4.78 is 6.18. The van der Waals surface area contributed by atoms with Crippen molar-refractivity contribution in [1.82, 2.24) is 5.32 Å². The van der Waals surface area contributed by atoms with Gasteiger partial charge in [-0.3, -0.25) is 0 Å². The first-order valence-electron chi connectivity index (χ1n) is 7.53. The first kappa shape index (κ1) is 17.8. The number of methoxy groups -OCH3 is 1. The van der Waals surface area contributed by atoms with Crippen LogP contribution in [0.4, 0.5) is 5.69 Å². The Balaban J connectivity index is 1.97. The summed E-state index contributed by atoms with van der Waals surface area (Å²) in [5.41, 5.74) is 3.43. The molecule has 0 heterocycles. The van der Waals surface area contributed by atoms with Crippen LogP contribution in [-0.2, 0) is 6.42 Å². The van der Waals surface area contributed by atoms with Crippen LogP contribution in [0.3, 0.4) is 0 Å². The first-order chi connectivity index (χ1) is 11.0. The van der Waals surface area contributed by atoms with E-state index >= 15 is 0 Å². The SMILES string of the molecule is CCc1ccc(NC(=S)N[C@@H](C)c2ccc(OC)c(Br)c2)cc1. The summed E-state index contributed by atoms with van der Waals surface area (Å²) in [6.45, 7) is 4.21. The molecular weight excluding hydrogens is 372 g/mol. The number of rotatable bonds is 5. The van der Waals surface area contributed by atoms with E-state index in [4.69, 9.17) is 17.0 Å². The van der Waals surface area contributed by atoms with E-state index in [9.17, 15) is 0 Å². The van der Waals surface area contributed by atoms with Gasteiger partial charge in [0.05, 0.1) is 17.6 Å². The first-order valence-corrected chi connectivity index (χ1v) is 8.73. The molecule has 0 spiro atoms. The van der Waals surface area contributed by atoms with Crippen LogP contribution in [0.1, 0.15) is 31.0 Å². The summed E-state index contributed by atoms with van der Waals surface area (Å²) in [5.74, 6) is 0.817. The Labute approximate surface area is 151 Å². The van der Waals surface area contributed by atoms with Crippen molar-refractivity contribution in [3.8, 4) is 5.75 Å². The molecule has 2 N–H and O–H groups in total. The molecule has 0 aromatic heterocycles. The lowest BCUT2D eigenvalue weighted by Crippen LogP contribution is -2.30. The van der Waals surface area contributed by atoms with Gasteiger partial charge < -0.3 is 15.4 Å². The van der Waals surface area contributed by atoms with E-state index in [1.807, 2.05) is 30.3 Å². The summed E-state index contributed by atoms with van der Waals surface area (Å²) in [6, 6.07) is 14.4. The van der Waals surface area contributed by atoms with E-state index in [1.54, 1.807) is 7.11 Å². The Hall–Kier alpha value is -1.59. The molecule has 0 fully saturated rings. The van der Waals surface area contributed by atoms with E-state index in [-0.39, 0.29) is 6.04 Å². The number of hydrogen-bond acceptors (Lipinski definition) is 2. The summed E-state index contributed by atoms with van der Waals surface area (Å²) in [5, 5.41) is 7.12. The highest BCUT2D eigenvalue weighted by molar-refractivity contribution is 9.10. The van der Waals surface area contributed by atoms with Gasteiger partial charge in [0.15, 0.2) is 5.11 Å². The summed E-state index contributed by atoms with van der Waals surface area (Å²) >= 11 is 8.90. The van der Waals surface area contributed by atoms with Crippen molar-refractivity contribution < 1.29 is 4.74 Å². The molecule has 122 valence electrons. The average Bonchev–Trinajstić information content (AvgIpc) is 2.55. The third kappa shape index (κ3) is 4.94. The molecule has 0 unspecified atom stereocenters. The molecule has 0 aliphatic rings. The second-order valence-electron chi connectivity index (χ2n) is 5.26. The minimum absolute atomic E-state index is 0.0899. The number of nitrogens with one attached hydrogen (secondary N) is 2. The van der Waals surface area contributed by atoms with Crippen LogP contribution in [0.15, 0.2) is 46.9 Å². The molecule has 0 saturated heterocycles. The highest BCUT2D eigenvalue weighted by atomic mass is 79.9. The van der Waals surface area contributed by atoms with Gasteiger partial charge in [0.2, 0.25) is 0 Å². The van der Waals surface area contributed by atoms with Crippen LogP contribution in [0.2, 0.25) is 0 Å². The van der Waals surface area contributed by atoms with Crippen molar-refractivity contribution in [3.05, 3.63) is 58.1 Å². The van der Waals surface area contributed by atoms with Crippen LogP contribution in [0.25, 0.3) is 0 Å². The fraction of sp³-hybridized carbons (Fsp3) is 0.278. The van der Waals surface area contributed by atoms with Gasteiger partial charge in [0.25, 0.3) is 0 Å². The lowest BCUT2D eigenvalue weighted by molar-refractivity contribution is 0.412. The van der Waals surface area contributed by atoms with Crippen LogP contribution in [0, 0.1) is 0 Å². The Bertz CT molecular complexity index is 673. The molecule has 0 saturated carbocycles. The fourth-order valence-corrected chi connectivity index (χ4v) is 3.08. The van der Waals surface area contributed by atoms with Crippen molar-refractivity contribution in [1.29, 1.82) is 0 Å². The van der Waals surface area contributed by atoms with E-state index in [2.05, 4.69) is 52.5 Å². The molecule has 0 radical (unpaired) electrons. The number of anilines is 1. The molecule has 0 bridgehead atoms. The standard InChI is InChI=1S/C18H21BrN2OS/c1-4-13-5-8-15(9-6-13)21-18(23)20-12(2)14-7-10-17(22-3)16(19)11-14/h5-12H,4H2,1-3H3,(H2,20,21,23)/t12-/m0/s1. The monoisotopic (exact) mass is 392 g/mol. The van der Waals surface area contributed by atoms with Gasteiger partial charge in [-0.1, -0.05) is 25.1 Å². The minimum Gasteiger partial charge on any atom is -0.496 e. The molecule has 5 heteroatoms. The van der Waals surface area contributed by atoms with Gasteiger partial charge in [-0.2, -0.15) is 0 Å². The number of hydrogen-bond donors (Lipinski definition) is 2. The summed E-state index contributed by atoms with van der Waals surface area (Å²) in [4.78, 5) is 0. The zero-order chi connectivity index (χ0) is 16.8. The van der Waals surface area contributed by atoms with Crippen molar-refractivity contribution >= 4 is 38.9 Å². The molecule has 2 aromatic carbocycles. The maximum Gasteiger partial charge on any atom is 0.171 e. The van der Waals surface area contributed by atoms with Gasteiger partial charge in [0.1, 0.15) is 5.75 Å². The largest absolute Gasteiger partial charge is 0.496 e. The second-order valence-corrected chi connectivity index (χ2v) is 6.53. The van der Waals surface area contributed by atoms with Crippen molar-refractivity contribution in [2.24, 2.45) is 0 Å². The molecule has 0 amide bonds. The quantitative estimate of drug-likeness (QED) is 0.695. The number of aryl methyl sites for hydroxylation is 1. The third-order valence-electron chi connectivity index (χ3n) is 3.64. The molecule has 2 rings (SSSR count). The summed E-state index contributed by atoms with van der Waals surface area (Å²) in [6.07, 6.45) is 1.03.